The molecule has 1 atom stereocenters. The number of carbonyl (C=O) groups excluding carboxylic acids is 1. The number of hydrogen-bond donors (Lipinski definition) is 1. The van der Waals surface area contributed by atoms with E-state index in [0.717, 1.165) is 51.9 Å². The number of amides is 1. The van der Waals surface area contributed by atoms with Crippen LogP contribution < -0.4 is 5.32 Å². The second kappa shape index (κ2) is 7.21. The van der Waals surface area contributed by atoms with E-state index in [4.69, 9.17) is 4.74 Å². The lowest BCUT2D eigenvalue weighted by Gasteiger charge is -2.33. The van der Waals surface area contributed by atoms with E-state index in [9.17, 15) is 4.79 Å². The Morgan fingerprint density at radius 2 is 2.12 bits per heavy atom. The standard InChI is InChI=1S/C19H24N2O2S/c22-19(17-2-1-10-23-17)21-8-5-16(6-9-21)20-13-14-3-4-18-15(12-14)7-11-24-18/h3-4,7,11-12,16-17,20H,1-2,5-6,8-10,13H2/t17-/m1/s1. The number of fused-ring (bicyclic) bond motifs is 1. The summed E-state index contributed by atoms with van der Waals surface area (Å²) in [4.78, 5) is 14.4. The Morgan fingerprint density at radius 3 is 2.92 bits per heavy atom. The third-order valence-electron chi connectivity index (χ3n) is 5.12. The monoisotopic (exact) mass is 344 g/mol. The predicted molar refractivity (Wildman–Crippen MR) is 97.2 cm³/mol. The maximum Gasteiger partial charge on any atom is 0.251 e. The Kier molecular flexibility index (Phi) is 4.83. The summed E-state index contributed by atoms with van der Waals surface area (Å²) >= 11 is 1.79. The van der Waals surface area contributed by atoms with Crippen LogP contribution in [0.25, 0.3) is 10.1 Å². The first-order valence-electron chi connectivity index (χ1n) is 8.89. The smallest absolute Gasteiger partial charge is 0.251 e. The molecule has 2 fully saturated rings. The van der Waals surface area contributed by atoms with E-state index < -0.39 is 0 Å². The molecule has 2 aromatic rings. The number of hydrogen-bond acceptors (Lipinski definition) is 4. The maximum atomic E-state index is 12.4. The minimum absolute atomic E-state index is 0.174. The van der Waals surface area contributed by atoms with Crippen molar-refractivity contribution >= 4 is 27.3 Å². The highest BCUT2D eigenvalue weighted by Crippen LogP contribution is 2.22. The molecule has 24 heavy (non-hydrogen) atoms. The van der Waals surface area contributed by atoms with Crippen molar-refractivity contribution in [3.05, 3.63) is 35.2 Å². The normalized spacial score (nSPS) is 22.3. The molecule has 0 unspecified atom stereocenters. The van der Waals surface area contributed by atoms with Crippen molar-refractivity contribution in [2.75, 3.05) is 19.7 Å². The summed E-state index contributed by atoms with van der Waals surface area (Å²) in [7, 11) is 0. The molecule has 4 nitrogen and oxygen atoms in total. The van der Waals surface area contributed by atoms with E-state index in [2.05, 4.69) is 35.0 Å². The minimum Gasteiger partial charge on any atom is -0.368 e. The third kappa shape index (κ3) is 3.48. The van der Waals surface area contributed by atoms with Gasteiger partial charge in [0.25, 0.3) is 5.91 Å². The summed E-state index contributed by atoms with van der Waals surface area (Å²) in [6, 6.07) is 9.37. The molecule has 128 valence electrons. The van der Waals surface area contributed by atoms with Gasteiger partial charge >= 0.3 is 0 Å². The zero-order valence-corrected chi connectivity index (χ0v) is 14.7. The van der Waals surface area contributed by atoms with E-state index in [-0.39, 0.29) is 12.0 Å². The lowest BCUT2D eigenvalue weighted by molar-refractivity contribution is -0.142. The molecular formula is C19H24N2O2S. The highest BCUT2D eigenvalue weighted by atomic mass is 32.1. The van der Waals surface area contributed by atoms with Crippen molar-refractivity contribution < 1.29 is 9.53 Å². The van der Waals surface area contributed by atoms with Crippen molar-refractivity contribution in [2.24, 2.45) is 0 Å². The Morgan fingerprint density at radius 1 is 1.25 bits per heavy atom. The topological polar surface area (TPSA) is 41.6 Å². The number of nitrogens with one attached hydrogen (secondary N) is 1. The second-order valence-corrected chi connectivity index (χ2v) is 7.72. The fourth-order valence-electron chi connectivity index (χ4n) is 3.67. The van der Waals surface area contributed by atoms with E-state index in [0.29, 0.717) is 6.04 Å². The SMILES string of the molecule is O=C([C@H]1CCCO1)N1CCC(NCc2ccc3sccc3c2)CC1. The molecule has 0 spiro atoms. The van der Waals surface area contributed by atoms with Crippen molar-refractivity contribution in [1.29, 1.82) is 0 Å². The molecule has 1 aromatic heterocycles. The van der Waals surface area contributed by atoms with Gasteiger partial charge in [-0.15, -0.1) is 11.3 Å². The van der Waals surface area contributed by atoms with Crippen LogP contribution in [0.15, 0.2) is 29.6 Å². The number of thiophene rings is 1. The molecule has 3 heterocycles. The highest BCUT2D eigenvalue weighted by molar-refractivity contribution is 7.17. The van der Waals surface area contributed by atoms with Gasteiger partial charge in [-0.1, -0.05) is 6.07 Å². The summed E-state index contributed by atoms with van der Waals surface area (Å²) in [6.07, 6.45) is 3.79. The number of rotatable bonds is 4. The van der Waals surface area contributed by atoms with Gasteiger partial charge in [0.1, 0.15) is 6.10 Å². The van der Waals surface area contributed by atoms with Crippen LogP contribution in [-0.2, 0) is 16.1 Å². The Balaban J connectivity index is 1.26. The maximum absolute atomic E-state index is 12.4. The van der Waals surface area contributed by atoms with Crippen molar-refractivity contribution in [3.63, 3.8) is 0 Å². The molecule has 0 aliphatic carbocycles. The fourth-order valence-corrected chi connectivity index (χ4v) is 4.44. The van der Waals surface area contributed by atoms with E-state index in [1.54, 1.807) is 11.3 Å². The molecule has 1 N–H and O–H groups in total. The molecule has 5 heteroatoms. The molecule has 1 aromatic carbocycles. The fraction of sp³-hybridized carbons (Fsp3) is 0.526. The van der Waals surface area contributed by atoms with Gasteiger partial charge in [0.2, 0.25) is 0 Å². The van der Waals surface area contributed by atoms with Crippen LogP contribution in [-0.4, -0.2) is 42.6 Å². The summed E-state index contributed by atoms with van der Waals surface area (Å²) in [5, 5.41) is 7.13. The lowest BCUT2D eigenvalue weighted by atomic mass is 10.0. The Bertz CT molecular complexity index is 700. The van der Waals surface area contributed by atoms with Crippen molar-refractivity contribution in [3.8, 4) is 0 Å². The quantitative estimate of drug-likeness (QED) is 0.926. The van der Waals surface area contributed by atoms with Crippen LogP contribution in [0.4, 0.5) is 0 Å². The van der Waals surface area contributed by atoms with Gasteiger partial charge in [-0.2, -0.15) is 0 Å². The molecular weight excluding hydrogens is 320 g/mol. The third-order valence-corrected chi connectivity index (χ3v) is 6.02. The van der Waals surface area contributed by atoms with Crippen molar-refractivity contribution in [1.82, 2.24) is 10.2 Å². The van der Waals surface area contributed by atoms with Crippen LogP contribution in [0.2, 0.25) is 0 Å². The number of nitrogens with zero attached hydrogens (tertiary/aromatic N) is 1. The highest BCUT2D eigenvalue weighted by Gasteiger charge is 2.30. The van der Waals surface area contributed by atoms with Gasteiger partial charge in [-0.3, -0.25) is 4.79 Å². The van der Waals surface area contributed by atoms with Gasteiger partial charge in [0.15, 0.2) is 0 Å². The summed E-state index contributed by atoms with van der Waals surface area (Å²) in [5.74, 6) is 0.203. The molecule has 2 saturated heterocycles. The zero-order chi connectivity index (χ0) is 16.4. The van der Waals surface area contributed by atoms with Gasteiger partial charge in [-0.25, -0.2) is 0 Å². The number of carbonyl (C=O) groups is 1. The Labute approximate surface area is 146 Å². The van der Waals surface area contributed by atoms with Crippen LogP contribution in [0, 0.1) is 0 Å². The van der Waals surface area contributed by atoms with Crippen LogP contribution in [0.3, 0.4) is 0 Å². The van der Waals surface area contributed by atoms with Crippen LogP contribution in [0.1, 0.15) is 31.2 Å². The summed E-state index contributed by atoms with van der Waals surface area (Å²) < 4.78 is 6.87. The Hall–Kier alpha value is -1.43. The lowest BCUT2D eigenvalue weighted by Crippen LogP contribution is -2.47. The first-order valence-corrected chi connectivity index (χ1v) is 9.77. The van der Waals surface area contributed by atoms with E-state index in [1.807, 2.05) is 4.90 Å². The molecule has 1 amide bonds. The van der Waals surface area contributed by atoms with Gasteiger partial charge in [0.05, 0.1) is 0 Å². The predicted octanol–water partition coefficient (Wildman–Crippen LogP) is 3.16. The van der Waals surface area contributed by atoms with E-state index in [1.165, 1.54) is 15.6 Å². The summed E-state index contributed by atoms with van der Waals surface area (Å²) in [6.45, 7) is 3.33. The van der Waals surface area contributed by atoms with Gasteiger partial charge in [0, 0.05) is 37.0 Å². The average molecular weight is 344 g/mol. The minimum atomic E-state index is -0.174. The number of ether oxygens (including phenoxy) is 1. The number of piperidine rings is 1. The van der Waals surface area contributed by atoms with Crippen LogP contribution in [0.5, 0.6) is 0 Å². The molecule has 4 rings (SSSR count). The van der Waals surface area contributed by atoms with E-state index >= 15 is 0 Å². The molecule has 0 bridgehead atoms. The first-order chi connectivity index (χ1) is 11.8. The molecule has 2 aliphatic heterocycles. The molecule has 2 aliphatic rings. The molecule has 0 saturated carbocycles. The average Bonchev–Trinajstić information content (AvgIpc) is 3.31. The van der Waals surface area contributed by atoms with Crippen LogP contribution >= 0.6 is 11.3 Å². The van der Waals surface area contributed by atoms with Gasteiger partial charge < -0.3 is 15.0 Å². The first kappa shape index (κ1) is 16.1. The number of benzene rings is 1. The second-order valence-electron chi connectivity index (χ2n) is 6.77. The van der Waals surface area contributed by atoms with Crippen molar-refractivity contribution in [2.45, 2.75) is 44.4 Å². The van der Waals surface area contributed by atoms with Gasteiger partial charge in [-0.05, 0) is 60.2 Å². The zero-order valence-electron chi connectivity index (χ0n) is 13.9. The largest absolute Gasteiger partial charge is 0.368 e. The molecule has 0 radical (unpaired) electrons. The number of likely N-dealkylation sites (tertiary alicyclic amines) is 1. The summed E-state index contributed by atoms with van der Waals surface area (Å²) in [5.41, 5.74) is 1.33.